The molecule has 0 aliphatic carbocycles. The summed E-state index contributed by atoms with van der Waals surface area (Å²) in [7, 11) is 1.53. The van der Waals surface area contributed by atoms with Gasteiger partial charge in [0.2, 0.25) is 0 Å². The molecule has 0 aromatic heterocycles. The van der Waals surface area contributed by atoms with Gasteiger partial charge in [0.05, 0.1) is 13.0 Å². The van der Waals surface area contributed by atoms with Crippen molar-refractivity contribution >= 4 is 5.97 Å². The van der Waals surface area contributed by atoms with Crippen LogP contribution < -0.4 is 0 Å². The second-order valence-corrected chi connectivity index (χ2v) is 2.62. The Morgan fingerprint density at radius 2 is 2.55 bits per heavy atom. The van der Waals surface area contributed by atoms with E-state index in [0.29, 0.717) is 6.61 Å². The average Bonchev–Trinajstić information content (AvgIpc) is 2.34. The van der Waals surface area contributed by atoms with Gasteiger partial charge in [0.15, 0.2) is 6.29 Å². The molecule has 1 aliphatic heterocycles. The lowest BCUT2D eigenvalue weighted by Crippen LogP contribution is -2.20. The van der Waals surface area contributed by atoms with Gasteiger partial charge in [0, 0.05) is 13.0 Å². The fourth-order valence-corrected chi connectivity index (χ4v) is 1.29. The van der Waals surface area contributed by atoms with Crippen LogP contribution >= 0.6 is 0 Å². The maximum Gasteiger partial charge on any atom is 0.303 e. The molecule has 4 nitrogen and oxygen atoms in total. The molecule has 1 aliphatic rings. The normalized spacial score (nSPS) is 30.6. The van der Waals surface area contributed by atoms with Crippen LogP contribution in [0.1, 0.15) is 12.8 Å². The first kappa shape index (κ1) is 8.49. The van der Waals surface area contributed by atoms with Crippen molar-refractivity contribution < 1.29 is 19.4 Å². The van der Waals surface area contributed by atoms with E-state index >= 15 is 0 Å². The van der Waals surface area contributed by atoms with Crippen molar-refractivity contribution in [1.29, 1.82) is 0 Å². The molecule has 0 radical (unpaired) electrons. The van der Waals surface area contributed by atoms with Crippen molar-refractivity contribution in [3.63, 3.8) is 0 Å². The Kier molecular flexibility index (Phi) is 2.84. The zero-order valence-corrected chi connectivity index (χ0v) is 6.45. The summed E-state index contributed by atoms with van der Waals surface area (Å²) in [5.41, 5.74) is 0. The number of ether oxygens (including phenoxy) is 2. The molecule has 0 spiro atoms. The molecule has 1 saturated heterocycles. The first-order valence-corrected chi connectivity index (χ1v) is 3.60. The first-order valence-electron chi connectivity index (χ1n) is 3.60. The van der Waals surface area contributed by atoms with E-state index in [1.165, 1.54) is 7.11 Å². The van der Waals surface area contributed by atoms with E-state index < -0.39 is 5.97 Å². The van der Waals surface area contributed by atoms with Gasteiger partial charge in [-0.3, -0.25) is 4.79 Å². The van der Waals surface area contributed by atoms with Crippen LogP contribution in [0.15, 0.2) is 0 Å². The van der Waals surface area contributed by atoms with Gasteiger partial charge < -0.3 is 14.6 Å². The van der Waals surface area contributed by atoms with Crippen LogP contribution in [0, 0.1) is 5.92 Å². The molecule has 64 valence electrons. The van der Waals surface area contributed by atoms with Gasteiger partial charge >= 0.3 is 5.97 Å². The molecule has 1 fully saturated rings. The topological polar surface area (TPSA) is 55.8 Å². The average molecular weight is 160 g/mol. The molecule has 0 amide bonds. The molecule has 11 heavy (non-hydrogen) atoms. The van der Waals surface area contributed by atoms with Crippen molar-refractivity contribution in [1.82, 2.24) is 0 Å². The quantitative estimate of drug-likeness (QED) is 0.652. The fraction of sp³-hybridized carbons (Fsp3) is 0.857. The Balaban J connectivity index is 2.37. The number of methoxy groups -OCH3 is 1. The Morgan fingerprint density at radius 1 is 1.82 bits per heavy atom. The van der Waals surface area contributed by atoms with E-state index in [9.17, 15) is 4.79 Å². The van der Waals surface area contributed by atoms with Crippen molar-refractivity contribution in [2.24, 2.45) is 5.92 Å². The van der Waals surface area contributed by atoms with Gasteiger partial charge in [0.25, 0.3) is 0 Å². The maximum atomic E-state index is 10.3. The summed E-state index contributed by atoms with van der Waals surface area (Å²) in [6.45, 7) is 0.608. The molecular weight excluding hydrogens is 148 g/mol. The number of carboxylic acid groups (broad SMARTS) is 1. The molecule has 0 aromatic carbocycles. The summed E-state index contributed by atoms with van der Waals surface area (Å²) < 4.78 is 10.1. The van der Waals surface area contributed by atoms with E-state index in [1.54, 1.807) is 0 Å². The third-order valence-electron chi connectivity index (χ3n) is 1.82. The molecule has 0 saturated carbocycles. The summed E-state index contributed by atoms with van der Waals surface area (Å²) in [4.78, 5) is 10.3. The molecule has 1 unspecified atom stereocenters. The van der Waals surface area contributed by atoms with Crippen LogP contribution in [-0.4, -0.2) is 31.1 Å². The first-order chi connectivity index (χ1) is 5.24. The van der Waals surface area contributed by atoms with Crippen molar-refractivity contribution in [3.8, 4) is 0 Å². The van der Waals surface area contributed by atoms with Gasteiger partial charge in [-0.15, -0.1) is 0 Å². The van der Waals surface area contributed by atoms with E-state index in [0.717, 1.165) is 6.42 Å². The molecule has 1 rings (SSSR count). The number of carbonyl (C=O) groups is 1. The van der Waals surface area contributed by atoms with Gasteiger partial charge in [-0.2, -0.15) is 0 Å². The summed E-state index contributed by atoms with van der Waals surface area (Å²) in [6, 6.07) is 0. The highest BCUT2D eigenvalue weighted by molar-refractivity contribution is 5.67. The highest BCUT2D eigenvalue weighted by Crippen LogP contribution is 2.24. The van der Waals surface area contributed by atoms with Gasteiger partial charge in [-0.25, -0.2) is 0 Å². The minimum Gasteiger partial charge on any atom is -0.481 e. The highest BCUT2D eigenvalue weighted by Gasteiger charge is 2.29. The van der Waals surface area contributed by atoms with Crippen molar-refractivity contribution in [3.05, 3.63) is 0 Å². The Morgan fingerprint density at radius 3 is 3.09 bits per heavy atom. The molecule has 2 atom stereocenters. The predicted octanol–water partition coefficient (Wildman–Crippen LogP) is 0.470. The van der Waals surface area contributed by atoms with E-state index in [2.05, 4.69) is 0 Å². The molecule has 1 N–H and O–H groups in total. The van der Waals surface area contributed by atoms with Gasteiger partial charge in [-0.1, -0.05) is 0 Å². The highest BCUT2D eigenvalue weighted by atomic mass is 16.7. The van der Waals surface area contributed by atoms with Crippen LogP contribution in [0.5, 0.6) is 0 Å². The van der Waals surface area contributed by atoms with E-state index in [-0.39, 0.29) is 18.6 Å². The molecule has 0 bridgehead atoms. The van der Waals surface area contributed by atoms with Gasteiger partial charge in [-0.05, 0) is 6.42 Å². The molecule has 0 aromatic rings. The summed E-state index contributed by atoms with van der Waals surface area (Å²) in [5.74, 6) is -0.764. The largest absolute Gasteiger partial charge is 0.481 e. The van der Waals surface area contributed by atoms with Crippen molar-refractivity contribution in [2.45, 2.75) is 19.1 Å². The number of carboxylic acids is 1. The second kappa shape index (κ2) is 3.69. The Bertz CT molecular complexity index is 145. The number of aliphatic carboxylic acids is 1. The lowest BCUT2D eigenvalue weighted by atomic mass is 10.0. The van der Waals surface area contributed by atoms with Crippen molar-refractivity contribution in [2.75, 3.05) is 13.7 Å². The lowest BCUT2D eigenvalue weighted by Gasteiger charge is -2.13. The maximum absolute atomic E-state index is 10.3. The van der Waals surface area contributed by atoms with Crippen LogP contribution in [-0.2, 0) is 14.3 Å². The number of hydrogen-bond donors (Lipinski definition) is 1. The SMILES string of the molecule is CO[C@@H]1OCCC1CC(=O)O. The zero-order valence-electron chi connectivity index (χ0n) is 6.45. The summed E-state index contributed by atoms with van der Waals surface area (Å²) >= 11 is 0. The third-order valence-corrected chi connectivity index (χ3v) is 1.82. The minimum atomic E-state index is -0.789. The standard InChI is InChI=1S/C7H12O4/c1-10-7-5(2-3-11-7)4-6(8)9/h5,7H,2-4H2,1H3,(H,8,9)/t5?,7-/m1/s1. The molecule has 1 heterocycles. The van der Waals surface area contributed by atoms with Crippen LogP contribution in [0.25, 0.3) is 0 Å². The summed E-state index contributed by atoms with van der Waals surface area (Å²) in [5, 5.41) is 8.48. The number of hydrogen-bond acceptors (Lipinski definition) is 3. The predicted molar refractivity (Wildman–Crippen MR) is 37.1 cm³/mol. The monoisotopic (exact) mass is 160 g/mol. The summed E-state index contributed by atoms with van der Waals surface area (Å²) in [6.07, 6.45) is 0.606. The number of rotatable bonds is 3. The second-order valence-electron chi connectivity index (χ2n) is 2.62. The zero-order chi connectivity index (χ0) is 8.27. The van der Waals surface area contributed by atoms with E-state index in [4.69, 9.17) is 14.6 Å². The van der Waals surface area contributed by atoms with E-state index in [1.807, 2.05) is 0 Å². The fourth-order valence-electron chi connectivity index (χ4n) is 1.29. The van der Waals surface area contributed by atoms with Crippen LogP contribution in [0.2, 0.25) is 0 Å². The Labute approximate surface area is 65.1 Å². The van der Waals surface area contributed by atoms with Crippen LogP contribution in [0.4, 0.5) is 0 Å². The Hall–Kier alpha value is -0.610. The third kappa shape index (κ3) is 2.17. The van der Waals surface area contributed by atoms with Gasteiger partial charge in [0.1, 0.15) is 0 Å². The smallest absolute Gasteiger partial charge is 0.303 e. The minimum absolute atomic E-state index is 0.0255. The molecule has 4 heteroatoms. The van der Waals surface area contributed by atoms with Crippen LogP contribution in [0.3, 0.4) is 0 Å². The lowest BCUT2D eigenvalue weighted by molar-refractivity contribution is -0.144. The molecular formula is C7H12O4.